The topological polar surface area (TPSA) is 89.6 Å². The first kappa shape index (κ1) is 20.1. The van der Waals surface area contributed by atoms with E-state index in [0.29, 0.717) is 27.8 Å². The van der Waals surface area contributed by atoms with Crippen molar-refractivity contribution in [3.63, 3.8) is 0 Å². The molecule has 2 heterocycles. The zero-order valence-electron chi connectivity index (χ0n) is 15.4. The van der Waals surface area contributed by atoms with Crippen LogP contribution >= 0.6 is 27.5 Å². The number of ether oxygens (including phenoxy) is 1. The number of amides is 1. The number of halogens is 2. The van der Waals surface area contributed by atoms with Gasteiger partial charge in [0, 0.05) is 21.5 Å². The molecule has 1 amide bonds. The molecule has 0 fully saturated rings. The van der Waals surface area contributed by atoms with Gasteiger partial charge < -0.3 is 9.26 Å². The lowest BCUT2D eigenvalue weighted by atomic mass is 10.1. The zero-order chi connectivity index (χ0) is 20.9. The Kier molecular flexibility index (Phi) is 6.06. The van der Waals surface area contributed by atoms with Crippen molar-refractivity contribution in [1.82, 2.24) is 15.6 Å². The molecule has 0 saturated heterocycles. The number of rotatable bonds is 6. The van der Waals surface area contributed by atoms with Crippen molar-refractivity contribution in [3.8, 4) is 17.1 Å². The fraction of sp³-hybridized carbons (Fsp3) is 0.0476. The Morgan fingerprint density at radius 3 is 2.93 bits per heavy atom. The van der Waals surface area contributed by atoms with E-state index in [2.05, 4.69) is 36.6 Å². The maximum atomic E-state index is 12.1. The third-order valence-electron chi connectivity index (χ3n) is 4.10. The van der Waals surface area contributed by atoms with Gasteiger partial charge in [-0.05, 0) is 30.3 Å². The molecule has 0 saturated carbocycles. The molecule has 0 atom stereocenters. The van der Waals surface area contributed by atoms with Gasteiger partial charge in [0.2, 0.25) is 0 Å². The summed E-state index contributed by atoms with van der Waals surface area (Å²) >= 11 is 9.59. The molecule has 0 bridgehead atoms. The number of aromatic nitrogens is 2. The predicted octanol–water partition coefficient (Wildman–Crippen LogP) is 4.83. The Morgan fingerprint density at radius 2 is 2.10 bits per heavy atom. The van der Waals surface area contributed by atoms with Gasteiger partial charge in [-0.2, -0.15) is 5.10 Å². The van der Waals surface area contributed by atoms with Crippen LogP contribution in [0.1, 0.15) is 5.56 Å². The Bertz CT molecular complexity index is 1230. The molecule has 2 aromatic heterocycles. The molecule has 7 nitrogen and oxygen atoms in total. The lowest BCUT2D eigenvalue weighted by Crippen LogP contribution is -2.24. The lowest BCUT2D eigenvalue weighted by Gasteiger charge is -2.09. The van der Waals surface area contributed by atoms with Crippen LogP contribution in [0.3, 0.4) is 0 Å². The number of carbonyl (C=O) groups is 1. The number of hydrazone groups is 1. The van der Waals surface area contributed by atoms with Gasteiger partial charge in [0.05, 0.1) is 23.5 Å². The van der Waals surface area contributed by atoms with Crippen molar-refractivity contribution in [2.45, 2.75) is 0 Å². The molecule has 4 aromatic rings. The van der Waals surface area contributed by atoms with Crippen molar-refractivity contribution in [1.29, 1.82) is 0 Å². The highest BCUT2D eigenvalue weighted by molar-refractivity contribution is 9.10. The van der Waals surface area contributed by atoms with E-state index in [-0.39, 0.29) is 6.61 Å². The van der Waals surface area contributed by atoms with E-state index >= 15 is 0 Å². The molecule has 0 spiro atoms. The SMILES string of the molecule is O=C(COc1ccc(Br)cc1-c1ccno1)N/N=C/c1cc2ccccc2nc1Cl. The van der Waals surface area contributed by atoms with Gasteiger partial charge in [0.25, 0.3) is 5.91 Å². The number of carbonyl (C=O) groups excluding carboxylic acids is 1. The normalized spacial score (nSPS) is 11.1. The monoisotopic (exact) mass is 484 g/mol. The number of hydrogen-bond acceptors (Lipinski definition) is 6. The third-order valence-corrected chi connectivity index (χ3v) is 4.90. The summed E-state index contributed by atoms with van der Waals surface area (Å²) in [5.41, 5.74) is 4.47. The number of para-hydroxylation sites is 1. The molecule has 0 radical (unpaired) electrons. The minimum Gasteiger partial charge on any atom is -0.483 e. The standard InChI is InChI=1S/C21H14BrClN4O3/c22-15-5-6-18(16(10-15)19-7-8-25-30-19)29-12-20(28)27-24-11-14-9-13-3-1-2-4-17(13)26-21(14)23/h1-11H,12H2,(H,27,28)/b24-11+. The molecule has 150 valence electrons. The largest absolute Gasteiger partial charge is 0.483 e. The average Bonchev–Trinajstić information content (AvgIpc) is 3.28. The second-order valence-corrected chi connectivity index (χ2v) is 7.43. The maximum absolute atomic E-state index is 12.1. The molecule has 0 aliphatic rings. The molecule has 0 aliphatic heterocycles. The fourth-order valence-electron chi connectivity index (χ4n) is 2.72. The van der Waals surface area contributed by atoms with Gasteiger partial charge in [0.1, 0.15) is 10.9 Å². The van der Waals surface area contributed by atoms with Crippen LogP contribution in [0.25, 0.3) is 22.2 Å². The summed E-state index contributed by atoms with van der Waals surface area (Å²) in [6.45, 7) is -0.232. The van der Waals surface area contributed by atoms with E-state index in [9.17, 15) is 4.79 Å². The van der Waals surface area contributed by atoms with E-state index in [4.69, 9.17) is 20.9 Å². The summed E-state index contributed by atoms with van der Waals surface area (Å²) < 4.78 is 11.7. The van der Waals surface area contributed by atoms with Crippen LogP contribution in [-0.2, 0) is 4.79 Å². The van der Waals surface area contributed by atoms with Crippen LogP contribution in [0.2, 0.25) is 5.15 Å². The number of nitrogens with one attached hydrogen (secondary N) is 1. The van der Waals surface area contributed by atoms with Gasteiger partial charge in [-0.15, -0.1) is 0 Å². The number of pyridine rings is 1. The number of nitrogens with zero attached hydrogens (tertiary/aromatic N) is 3. The summed E-state index contributed by atoms with van der Waals surface area (Å²) in [5.74, 6) is 0.585. The van der Waals surface area contributed by atoms with E-state index in [1.807, 2.05) is 36.4 Å². The number of fused-ring (bicyclic) bond motifs is 1. The molecule has 1 N–H and O–H groups in total. The predicted molar refractivity (Wildman–Crippen MR) is 118 cm³/mol. The highest BCUT2D eigenvalue weighted by Crippen LogP contribution is 2.32. The van der Waals surface area contributed by atoms with Crippen molar-refractivity contribution in [2.75, 3.05) is 6.61 Å². The van der Waals surface area contributed by atoms with Crippen LogP contribution in [0.5, 0.6) is 5.75 Å². The summed E-state index contributed by atoms with van der Waals surface area (Å²) in [4.78, 5) is 16.4. The van der Waals surface area contributed by atoms with Gasteiger partial charge in [-0.3, -0.25) is 4.79 Å². The number of benzene rings is 2. The van der Waals surface area contributed by atoms with Gasteiger partial charge in [0.15, 0.2) is 12.4 Å². The summed E-state index contributed by atoms with van der Waals surface area (Å²) in [7, 11) is 0. The fourth-order valence-corrected chi connectivity index (χ4v) is 3.28. The first-order valence-corrected chi connectivity index (χ1v) is 9.98. The highest BCUT2D eigenvalue weighted by Gasteiger charge is 2.12. The molecular formula is C21H14BrClN4O3. The molecule has 4 rings (SSSR count). The van der Waals surface area contributed by atoms with Crippen molar-refractivity contribution >= 4 is 50.6 Å². The van der Waals surface area contributed by atoms with E-state index < -0.39 is 5.91 Å². The minimum atomic E-state index is -0.428. The zero-order valence-corrected chi connectivity index (χ0v) is 17.7. The Hall–Kier alpha value is -3.23. The van der Waals surface area contributed by atoms with Crippen molar-refractivity contribution < 1.29 is 14.1 Å². The first-order valence-electron chi connectivity index (χ1n) is 8.81. The molecule has 0 aliphatic carbocycles. The smallest absolute Gasteiger partial charge is 0.277 e. The minimum absolute atomic E-state index is 0.232. The molecule has 30 heavy (non-hydrogen) atoms. The van der Waals surface area contributed by atoms with Crippen LogP contribution in [-0.4, -0.2) is 28.9 Å². The second kappa shape index (κ2) is 9.06. The summed E-state index contributed by atoms with van der Waals surface area (Å²) in [6.07, 6.45) is 2.98. The van der Waals surface area contributed by atoms with Gasteiger partial charge in [-0.25, -0.2) is 10.4 Å². The summed E-state index contributed by atoms with van der Waals surface area (Å²) in [5, 5.41) is 8.87. The highest BCUT2D eigenvalue weighted by atomic mass is 79.9. The van der Waals surface area contributed by atoms with Gasteiger partial charge >= 0.3 is 0 Å². The molecule has 9 heteroatoms. The van der Waals surface area contributed by atoms with E-state index in [0.717, 1.165) is 15.4 Å². The first-order chi connectivity index (χ1) is 14.6. The van der Waals surface area contributed by atoms with Crippen LogP contribution in [0.15, 0.2) is 74.9 Å². The average molecular weight is 486 g/mol. The number of hydrogen-bond donors (Lipinski definition) is 1. The third kappa shape index (κ3) is 4.67. The molecule has 0 unspecified atom stereocenters. The van der Waals surface area contributed by atoms with Crippen LogP contribution < -0.4 is 10.2 Å². The van der Waals surface area contributed by atoms with Crippen molar-refractivity contribution in [2.24, 2.45) is 5.10 Å². The van der Waals surface area contributed by atoms with E-state index in [1.165, 1.54) is 12.4 Å². The molecule has 2 aromatic carbocycles. The Labute approximate surface area is 184 Å². The quantitative estimate of drug-likeness (QED) is 0.240. The lowest BCUT2D eigenvalue weighted by molar-refractivity contribution is -0.123. The maximum Gasteiger partial charge on any atom is 0.277 e. The van der Waals surface area contributed by atoms with Crippen LogP contribution in [0.4, 0.5) is 0 Å². The second-order valence-electron chi connectivity index (χ2n) is 6.16. The van der Waals surface area contributed by atoms with Crippen molar-refractivity contribution in [3.05, 3.63) is 76.0 Å². The van der Waals surface area contributed by atoms with E-state index in [1.54, 1.807) is 18.2 Å². The van der Waals surface area contributed by atoms with Gasteiger partial charge in [-0.1, -0.05) is 50.9 Å². The summed E-state index contributed by atoms with van der Waals surface area (Å²) in [6, 6.07) is 16.5. The Morgan fingerprint density at radius 1 is 1.23 bits per heavy atom. The van der Waals surface area contributed by atoms with Crippen LogP contribution in [0, 0.1) is 0 Å². The Balaban J connectivity index is 1.40. The molecular weight excluding hydrogens is 472 g/mol.